The van der Waals surface area contributed by atoms with E-state index in [-0.39, 0.29) is 23.4 Å². The minimum Gasteiger partial charge on any atom is -0.352 e. The predicted octanol–water partition coefficient (Wildman–Crippen LogP) is 3.37. The van der Waals surface area contributed by atoms with Crippen molar-refractivity contribution in [2.45, 2.75) is 18.5 Å². The van der Waals surface area contributed by atoms with Gasteiger partial charge in [0.2, 0.25) is 0 Å². The fraction of sp³-hybridized carbons (Fsp3) is 0.190. The van der Waals surface area contributed by atoms with E-state index < -0.39 is 11.0 Å². The van der Waals surface area contributed by atoms with Crippen molar-refractivity contribution in [1.82, 2.24) is 9.88 Å². The number of nitrogens with zero attached hydrogens (tertiary/aromatic N) is 4. The number of rotatable bonds is 4. The summed E-state index contributed by atoms with van der Waals surface area (Å²) in [6.45, 7) is 0. The van der Waals surface area contributed by atoms with Crippen molar-refractivity contribution < 1.29 is 9.72 Å². The van der Waals surface area contributed by atoms with Crippen LogP contribution < -0.4 is 0 Å². The maximum atomic E-state index is 13.2. The quantitative estimate of drug-likeness (QED) is 0.463. The first kappa shape index (κ1) is 17.6. The molecule has 1 aromatic carbocycles. The molecule has 2 aromatic rings. The topological polar surface area (TPSA) is 100 Å². The van der Waals surface area contributed by atoms with Crippen LogP contribution in [0.3, 0.4) is 0 Å². The number of hydrogen-bond acceptors (Lipinski definition) is 6. The van der Waals surface area contributed by atoms with Crippen LogP contribution in [-0.2, 0) is 0 Å². The molecule has 0 aliphatic carbocycles. The van der Waals surface area contributed by atoms with Crippen LogP contribution in [0.25, 0.3) is 5.70 Å². The molecule has 1 saturated heterocycles. The van der Waals surface area contributed by atoms with Crippen LogP contribution in [0.2, 0.25) is 0 Å². The van der Waals surface area contributed by atoms with Gasteiger partial charge in [0.15, 0.2) is 5.78 Å². The Morgan fingerprint density at radius 2 is 2.04 bits per heavy atom. The molecule has 3 heterocycles. The van der Waals surface area contributed by atoms with Gasteiger partial charge in [-0.15, -0.1) is 0 Å². The summed E-state index contributed by atoms with van der Waals surface area (Å²) in [5.41, 5.74) is 1.86. The van der Waals surface area contributed by atoms with Crippen molar-refractivity contribution in [3.8, 4) is 6.07 Å². The number of aromatic nitrogens is 1. The van der Waals surface area contributed by atoms with Gasteiger partial charge in [0.1, 0.15) is 0 Å². The zero-order valence-corrected chi connectivity index (χ0v) is 14.8. The maximum absolute atomic E-state index is 13.2. The van der Waals surface area contributed by atoms with Crippen LogP contribution in [0, 0.1) is 27.4 Å². The van der Waals surface area contributed by atoms with Gasteiger partial charge >= 0.3 is 0 Å². The lowest BCUT2D eigenvalue weighted by molar-refractivity contribution is -0.384. The highest BCUT2D eigenvalue weighted by atomic mass is 16.6. The Morgan fingerprint density at radius 1 is 1.25 bits per heavy atom. The van der Waals surface area contributed by atoms with Gasteiger partial charge in [0.05, 0.1) is 40.4 Å². The Kier molecular flexibility index (Phi) is 4.45. The third-order valence-corrected chi connectivity index (χ3v) is 5.15. The van der Waals surface area contributed by atoms with E-state index in [0.29, 0.717) is 12.0 Å². The number of carbonyl (C=O) groups is 1. The Hall–Kier alpha value is -3.79. The Bertz CT molecular complexity index is 1020. The van der Waals surface area contributed by atoms with Crippen molar-refractivity contribution in [3.63, 3.8) is 0 Å². The van der Waals surface area contributed by atoms with Crippen molar-refractivity contribution in [1.29, 1.82) is 5.26 Å². The highest BCUT2D eigenvalue weighted by molar-refractivity contribution is 6.01. The summed E-state index contributed by atoms with van der Waals surface area (Å²) in [5, 5.41) is 20.5. The minimum absolute atomic E-state index is 0.0641. The van der Waals surface area contributed by atoms with Gasteiger partial charge in [-0.25, -0.2) is 0 Å². The van der Waals surface area contributed by atoms with Crippen molar-refractivity contribution >= 4 is 17.2 Å². The van der Waals surface area contributed by atoms with Gasteiger partial charge < -0.3 is 4.90 Å². The molecule has 4 rings (SSSR count). The van der Waals surface area contributed by atoms with E-state index in [4.69, 9.17) is 0 Å². The van der Waals surface area contributed by atoms with Crippen LogP contribution >= 0.6 is 0 Å². The van der Waals surface area contributed by atoms with Gasteiger partial charge in [0, 0.05) is 23.9 Å². The Labute approximate surface area is 161 Å². The average Bonchev–Trinajstić information content (AvgIpc) is 3.13. The first-order chi connectivity index (χ1) is 13.6. The molecule has 0 N–H and O–H groups in total. The number of benzene rings is 1. The van der Waals surface area contributed by atoms with Crippen LogP contribution in [0.15, 0.2) is 66.9 Å². The van der Waals surface area contributed by atoms with Gasteiger partial charge in [-0.3, -0.25) is 19.9 Å². The van der Waals surface area contributed by atoms with Gasteiger partial charge in [0.25, 0.3) is 5.69 Å². The number of non-ortho nitro benzene ring substituents is 1. The van der Waals surface area contributed by atoms with E-state index in [1.807, 2.05) is 41.3 Å². The molecule has 0 amide bonds. The van der Waals surface area contributed by atoms with E-state index in [1.54, 1.807) is 6.20 Å². The third kappa shape index (κ3) is 2.95. The molecular weight excluding hydrogens is 356 g/mol. The van der Waals surface area contributed by atoms with Crippen LogP contribution in [0.4, 0.5) is 5.69 Å². The van der Waals surface area contributed by atoms with E-state index in [0.717, 1.165) is 11.4 Å². The van der Waals surface area contributed by atoms with Gasteiger partial charge in [-0.05, 0) is 36.8 Å². The molecule has 2 aliphatic heterocycles. The molecular formula is C21H16N4O3. The summed E-state index contributed by atoms with van der Waals surface area (Å²) >= 11 is 0. The first-order valence-electron chi connectivity index (χ1n) is 8.86. The second kappa shape index (κ2) is 7.08. The lowest BCUT2D eigenvalue weighted by atomic mass is 9.97. The molecule has 3 atom stereocenters. The van der Waals surface area contributed by atoms with E-state index >= 15 is 0 Å². The second-order valence-corrected chi connectivity index (χ2v) is 6.70. The molecule has 7 nitrogen and oxygen atoms in total. The van der Waals surface area contributed by atoms with Crippen LogP contribution in [-0.4, -0.2) is 32.7 Å². The fourth-order valence-corrected chi connectivity index (χ4v) is 3.83. The summed E-state index contributed by atoms with van der Waals surface area (Å²) in [6, 6.07) is 12.7. The molecule has 28 heavy (non-hydrogen) atoms. The summed E-state index contributed by atoms with van der Waals surface area (Å²) in [6.07, 6.45) is 7.81. The second-order valence-electron chi connectivity index (χ2n) is 6.70. The van der Waals surface area contributed by atoms with E-state index in [2.05, 4.69) is 11.1 Å². The number of carbonyl (C=O) groups excluding carboxylic acids is 1. The number of ketones is 1. The van der Waals surface area contributed by atoms with Crippen LogP contribution in [0.1, 0.15) is 22.5 Å². The van der Waals surface area contributed by atoms with Gasteiger partial charge in [-0.2, -0.15) is 5.26 Å². The molecule has 138 valence electrons. The maximum Gasteiger partial charge on any atom is 0.269 e. The first-order valence-corrected chi connectivity index (χ1v) is 8.86. The summed E-state index contributed by atoms with van der Waals surface area (Å²) < 4.78 is 0. The standard InChI is InChI=1S/C21H16N4O3/c22-13-15-12-20(21(26)14-7-9-16(10-8-14)25(27)28)24-18(15)5-3-6-19(24)17-4-1-2-11-23-17/h1-11,15,18,20H,12H2/t15-,18+,20+/m0/s1. The van der Waals surface area contributed by atoms with Crippen LogP contribution in [0.5, 0.6) is 0 Å². The predicted molar refractivity (Wildman–Crippen MR) is 102 cm³/mol. The minimum atomic E-state index is -0.533. The summed E-state index contributed by atoms with van der Waals surface area (Å²) in [4.78, 5) is 30.0. The van der Waals surface area contributed by atoms with Gasteiger partial charge in [-0.1, -0.05) is 18.2 Å². The third-order valence-electron chi connectivity index (χ3n) is 5.15. The highest BCUT2D eigenvalue weighted by Gasteiger charge is 2.45. The number of allylic oxidation sites excluding steroid dienone is 2. The Balaban J connectivity index is 1.71. The zero-order valence-electron chi connectivity index (χ0n) is 14.8. The smallest absolute Gasteiger partial charge is 0.269 e. The highest BCUT2D eigenvalue weighted by Crippen LogP contribution is 2.40. The number of nitriles is 1. The number of nitro benzene ring substituents is 1. The molecule has 0 bridgehead atoms. The van der Waals surface area contributed by atoms with Crippen molar-refractivity contribution in [2.24, 2.45) is 5.92 Å². The van der Waals surface area contributed by atoms with Crippen molar-refractivity contribution in [2.75, 3.05) is 0 Å². The normalized spacial score (nSPS) is 22.9. The number of nitro groups is 1. The molecule has 0 saturated carbocycles. The molecule has 1 aromatic heterocycles. The molecule has 0 spiro atoms. The summed E-state index contributed by atoms with van der Waals surface area (Å²) in [7, 11) is 0. The molecule has 2 aliphatic rings. The SMILES string of the molecule is N#C[C@@H]1C[C@H](C(=O)c2ccc([N+](=O)[O-])cc2)N2C(c3ccccn3)=CC=C[C@H]12. The molecule has 0 unspecified atom stereocenters. The fourth-order valence-electron chi connectivity index (χ4n) is 3.83. The lowest BCUT2D eigenvalue weighted by Crippen LogP contribution is -2.40. The molecule has 0 radical (unpaired) electrons. The lowest BCUT2D eigenvalue weighted by Gasteiger charge is -2.34. The number of hydrogen-bond donors (Lipinski definition) is 0. The number of pyridine rings is 1. The van der Waals surface area contributed by atoms with E-state index in [9.17, 15) is 20.2 Å². The number of Topliss-reactive ketones (excluding diaryl/α,β-unsaturated/α-hetero) is 1. The largest absolute Gasteiger partial charge is 0.352 e. The van der Waals surface area contributed by atoms with E-state index in [1.165, 1.54) is 24.3 Å². The number of fused-ring (bicyclic) bond motifs is 1. The molecule has 7 heteroatoms. The average molecular weight is 372 g/mol. The zero-order chi connectivity index (χ0) is 19.7. The summed E-state index contributed by atoms with van der Waals surface area (Å²) in [5.74, 6) is -0.481. The Morgan fingerprint density at radius 3 is 2.68 bits per heavy atom. The monoisotopic (exact) mass is 372 g/mol. The van der Waals surface area contributed by atoms with Crippen molar-refractivity contribution in [3.05, 3.63) is 88.3 Å². The molecule has 1 fully saturated rings.